The molecule has 0 aliphatic heterocycles. The van der Waals surface area contributed by atoms with Crippen molar-refractivity contribution in [3.63, 3.8) is 0 Å². The Morgan fingerprint density at radius 2 is 0.440 bits per heavy atom. The van der Waals surface area contributed by atoms with Crippen LogP contribution in [0.25, 0.3) is 0 Å². The largest absolute Gasteiger partial charge is 0.528 e. The van der Waals surface area contributed by atoms with Gasteiger partial charge in [0.1, 0.15) is 0 Å². The van der Waals surface area contributed by atoms with E-state index in [-0.39, 0.29) is 19.5 Å². The van der Waals surface area contributed by atoms with Crippen molar-refractivity contribution < 1.29 is 46.6 Å². The van der Waals surface area contributed by atoms with E-state index < -0.39 is 17.2 Å². The maximum atomic E-state index is 5.88. The van der Waals surface area contributed by atoms with E-state index in [1.54, 1.807) is 0 Å². The topological polar surface area (TPSA) is 55.4 Å². The van der Waals surface area contributed by atoms with Crippen LogP contribution >= 0.6 is 17.2 Å². The van der Waals surface area contributed by atoms with Crippen LogP contribution in [0.3, 0.4) is 0 Å². The van der Waals surface area contributed by atoms with Gasteiger partial charge < -0.3 is 0 Å². The van der Waals surface area contributed by atoms with Crippen molar-refractivity contribution in [1.29, 1.82) is 0 Å². The van der Waals surface area contributed by atoms with Crippen LogP contribution in [-0.4, -0.2) is 0 Å². The molecule has 0 saturated carbocycles. The average Bonchev–Trinajstić information content (AvgIpc) is 3.76. The van der Waals surface area contributed by atoms with Gasteiger partial charge >= 0.3 is 17.2 Å². The first-order valence-corrected chi connectivity index (χ1v) is 18.0. The number of benzene rings is 6. The maximum absolute atomic E-state index is 5.88. The average molecular weight is 791 g/mol. The summed E-state index contributed by atoms with van der Waals surface area (Å²) in [5.41, 5.74) is 0. The summed E-state index contributed by atoms with van der Waals surface area (Å²) in [7, 11) is -4.00. The van der Waals surface area contributed by atoms with E-state index in [0.29, 0.717) is 0 Å². The Labute approximate surface area is 309 Å². The van der Waals surface area contributed by atoms with Gasteiger partial charge in [0.05, 0.1) is 0 Å². The third-order valence-corrected chi connectivity index (χ3v) is 8.64. The molecule has 6 nitrogen and oxygen atoms in total. The molecular formula is C41H37O6P2Rh+. The van der Waals surface area contributed by atoms with Gasteiger partial charge in [0, 0.05) is 19.5 Å². The first-order chi connectivity index (χ1) is 24.3. The molecule has 7 aromatic rings. The van der Waals surface area contributed by atoms with Crippen LogP contribution in [-0.2, 0) is 19.5 Å². The molecule has 0 saturated heterocycles. The fourth-order valence-electron chi connectivity index (χ4n) is 3.95. The molecular weight excluding hydrogens is 753 g/mol. The minimum atomic E-state index is -2.00. The van der Waals surface area contributed by atoms with Gasteiger partial charge in [-0.1, -0.05) is 109 Å². The number of hydrogen-bond donors (Lipinski definition) is 0. The smallest absolute Gasteiger partial charge is 0.273 e. The van der Waals surface area contributed by atoms with E-state index >= 15 is 0 Å². The molecule has 255 valence electrons. The third kappa shape index (κ3) is 14.6. The van der Waals surface area contributed by atoms with Crippen molar-refractivity contribution in [2.75, 3.05) is 0 Å². The second-order valence-electron chi connectivity index (χ2n) is 9.95. The first-order valence-electron chi connectivity index (χ1n) is 15.6. The molecule has 0 fully saturated rings. The summed E-state index contributed by atoms with van der Waals surface area (Å²) in [4.78, 5) is 0. The monoisotopic (exact) mass is 790 g/mol. The number of rotatable bonds is 12. The van der Waals surface area contributed by atoms with Crippen LogP contribution < -0.4 is 27.1 Å². The van der Waals surface area contributed by atoms with E-state index in [4.69, 9.17) is 27.1 Å². The minimum absolute atomic E-state index is 0. The van der Waals surface area contributed by atoms with Gasteiger partial charge in [-0.15, -0.1) is 0 Å². The van der Waals surface area contributed by atoms with Crippen molar-refractivity contribution in [2.24, 2.45) is 0 Å². The second-order valence-corrected chi connectivity index (χ2v) is 12.2. The summed E-state index contributed by atoms with van der Waals surface area (Å²) < 4.78 is 35.3. The van der Waals surface area contributed by atoms with Crippen LogP contribution in [0.15, 0.2) is 212 Å². The SMILES string of the molecule is [Rh].c1cc[cH-]c1.c1ccc(O[PH+](Oc2ccccc2)Oc2ccccc2)cc1.c1ccc(O[PH+](Oc2ccccc2)Oc2ccccc2)cc1. The third-order valence-electron chi connectivity index (χ3n) is 6.22. The van der Waals surface area contributed by atoms with Crippen molar-refractivity contribution in [3.05, 3.63) is 212 Å². The van der Waals surface area contributed by atoms with Crippen molar-refractivity contribution >= 4 is 17.2 Å². The molecule has 0 heterocycles. The van der Waals surface area contributed by atoms with E-state index in [2.05, 4.69) is 0 Å². The summed E-state index contributed by atoms with van der Waals surface area (Å²) in [6, 6.07) is 67.2. The number of para-hydroxylation sites is 6. The van der Waals surface area contributed by atoms with Crippen LogP contribution in [0.5, 0.6) is 34.5 Å². The van der Waals surface area contributed by atoms with Crippen LogP contribution in [0.2, 0.25) is 0 Å². The Hall–Kier alpha value is -5.05. The Bertz CT molecular complexity index is 1470. The van der Waals surface area contributed by atoms with Crippen LogP contribution in [0, 0.1) is 0 Å². The summed E-state index contributed by atoms with van der Waals surface area (Å²) in [6.07, 6.45) is 0. The Balaban J connectivity index is 0.000000193. The fraction of sp³-hybridized carbons (Fsp3) is 0. The zero-order valence-corrected chi connectivity index (χ0v) is 30.6. The van der Waals surface area contributed by atoms with Crippen LogP contribution in [0.4, 0.5) is 0 Å². The Morgan fingerprint density at radius 1 is 0.260 bits per heavy atom. The first kappa shape index (κ1) is 37.8. The van der Waals surface area contributed by atoms with Crippen molar-refractivity contribution in [2.45, 2.75) is 0 Å². The molecule has 7 aromatic carbocycles. The van der Waals surface area contributed by atoms with Gasteiger partial charge in [-0.2, -0.15) is 18.2 Å². The molecule has 0 spiro atoms. The predicted octanol–water partition coefficient (Wildman–Crippen LogP) is 11.8. The molecule has 0 aliphatic rings. The minimum Gasteiger partial charge on any atom is -0.273 e. The van der Waals surface area contributed by atoms with Crippen molar-refractivity contribution in [3.8, 4) is 34.5 Å². The summed E-state index contributed by atoms with van der Waals surface area (Å²) in [5.74, 6) is 4.35. The predicted molar refractivity (Wildman–Crippen MR) is 201 cm³/mol. The molecule has 7 rings (SSSR count). The van der Waals surface area contributed by atoms with Gasteiger partial charge in [-0.25, -0.2) is 12.1 Å². The molecule has 0 unspecified atom stereocenters. The van der Waals surface area contributed by atoms with Gasteiger partial charge in [-0.05, 0) is 72.8 Å². The molecule has 0 bridgehead atoms. The molecule has 1 radical (unpaired) electrons. The fourth-order valence-corrected chi connectivity index (χ4v) is 6.18. The molecule has 0 amide bonds. The van der Waals surface area contributed by atoms with E-state index in [9.17, 15) is 0 Å². The maximum Gasteiger partial charge on any atom is 0.528 e. The van der Waals surface area contributed by atoms with Gasteiger partial charge in [0.15, 0.2) is 34.5 Å². The Morgan fingerprint density at radius 3 is 0.580 bits per heavy atom. The van der Waals surface area contributed by atoms with E-state index in [1.807, 2.05) is 212 Å². The molecule has 0 atom stereocenters. The molecule has 0 aliphatic carbocycles. The zero-order valence-electron chi connectivity index (χ0n) is 27.0. The van der Waals surface area contributed by atoms with E-state index in [0.717, 1.165) is 34.5 Å². The molecule has 0 N–H and O–H groups in total. The summed E-state index contributed by atoms with van der Waals surface area (Å²) in [6.45, 7) is 0. The van der Waals surface area contributed by atoms with Gasteiger partial charge in [-0.3, -0.25) is 27.1 Å². The molecule has 50 heavy (non-hydrogen) atoms. The van der Waals surface area contributed by atoms with Crippen LogP contribution in [0.1, 0.15) is 0 Å². The quantitative estimate of drug-likeness (QED) is 0.0698. The summed E-state index contributed by atoms with van der Waals surface area (Å²) in [5, 5.41) is 0. The number of hydrogen-bond acceptors (Lipinski definition) is 6. The molecule has 0 aromatic heterocycles. The standard InChI is InChI=1S/2C18H16O3P.C5H5.Rh/c2*1-4-10-16(11-5-1)19-22(20-17-12-6-2-7-13-17)21-18-14-8-3-9-15-18;1-2-4-5-3-1;/h2*1-15,22H;1-5H;/q2*+1;-1;. The normalized spacial score (nSPS) is 9.80. The second kappa shape index (κ2) is 22.6. The molecule has 9 heteroatoms. The zero-order chi connectivity index (χ0) is 33.6. The summed E-state index contributed by atoms with van der Waals surface area (Å²) >= 11 is 0. The van der Waals surface area contributed by atoms with Crippen molar-refractivity contribution in [1.82, 2.24) is 0 Å². The van der Waals surface area contributed by atoms with Gasteiger partial charge in [0.2, 0.25) is 0 Å². The van der Waals surface area contributed by atoms with E-state index in [1.165, 1.54) is 0 Å². The Kier molecular flexibility index (Phi) is 17.0. The van der Waals surface area contributed by atoms with Gasteiger partial charge in [0.25, 0.3) is 0 Å².